The normalized spacial score (nSPS) is 21.0. The van der Waals surface area contributed by atoms with Crippen LogP contribution in [0.4, 0.5) is 0 Å². The van der Waals surface area contributed by atoms with Crippen LogP contribution in [0, 0.1) is 5.92 Å². The fourth-order valence-corrected chi connectivity index (χ4v) is 3.09. The van der Waals surface area contributed by atoms with Crippen molar-refractivity contribution < 1.29 is 14.3 Å². The molecule has 0 unspecified atom stereocenters. The summed E-state index contributed by atoms with van der Waals surface area (Å²) >= 11 is 0. The van der Waals surface area contributed by atoms with E-state index in [0.717, 1.165) is 25.0 Å². The second kappa shape index (κ2) is 6.81. The number of para-hydroxylation sites is 1. The van der Waals surface area contributed by atoms with Crippen LogP contribution in [-0.2, 0) is 16.0 Å². The van der Waals surface area contributed by atoms with Gasteiger partial charge in [0, 0.05) is 19.5 Å². The fraction of sp³-hybridized carbons (Fsp3) is 0.529. The third kappa shape index (κ3) is 3.59. The molecule has 3 rings (SSSR count). The predicted octanol–water partition coefficient (Wildman–Crippen LogP) is 1.37. The second-order valence-corrected chi connectivity index (χ2v) is 6.04. The van der Waals surface area contributed by atoms with E-state index in [9.17, 15) is 9.59 Å². The molecule has 5 heteroatoms. The van der Waals surface area contributed by atoms with E-state index in [1.807, 2.05) is 18.2 Å². The quantitative estimate of drug-likeness (QED) is 0.914. The molecule has 1 atom stereocenters. The van der Waals surface area contributed by atoms with Gasteiger partial charge in [0.05, 0.1) is 13.2 Å². The molecule has 1 aromatic carbocycles. The third-order valence-corrected chi connectivity index (χ3v) is 4.36. The molecule has 1 saturated heterocycles. The molecular formula is C17H22N2O3. The summed E-state index contributed by atoms with van der Waals surface area (Å²) in [6, 6.07) is 8.07. The van der Waals surface area contributed by atoms with Crippen LogP contribution in [0.1, 0.15) is 24.8 Å². The second-order valence-electron chi connectivity index (χ2n) is 6.04. The number of likely N-dealkylation sites (tertiary alicyclic amines) is 1. The lowest BCUT2D eigenvalue weighted by Crippen LogP contribution is -2.39. The molecule has 2 amide bonds. The minimum Gasteiger partial charge on any atom is -0.493 e. The lowest BCUT2D eigenvalue weighted by atomic mass is 9.97. The number of rotatable bonds is 4. The molecule has 1 N–H and O–H groups in total. The average Bonchev–Trinajstić information content (AvgIpc) is 2.81. The molecule has 0 bridgehead atoms. The average molecular weight is 302 g/mol. The van der Waals surface area contributed by atoms with Gasteiger partial charge in [-0.2, -0.15) is 0 Å². The highest BCUT2D eigenvalue weighted by molar-refractivity contribution is 5.85. The highest BCUT2D eigenvalue weighted by Gasteiger charge is 2.23. The van der Waals surface area contributed by atoms with Crippen LogP contribution in [0.25, 0.3) is 0 Å². The van der Waals surface area contributed by atoms with E-state index in [1.165, 1.54) is 5.56 Å². The van der Waals surface area contributed by atoms with Gasteiger partial charge in [0.2, 0.25) is 11.8 Å². The van der Waals surface area contributed by atoms with Crippen molar-refractivity contribution in [2.24, 2.45) is 5.92 Å². The van der Waals surface area contributed by atoms with Gasteiger partial charge < -0.3 is 15.0 Å². The first-order valence-corrected chi connectivity index (χ1v) is 7.97. The number of fused-ring (bicyclic) bond motifs is 1. The van der Waals surface area contributed by atoms with Crippen LogP contribution in [-0.4, -0.2) is 43.0 Å². The van der Waals surface area contributed by atoms with Gasteiger partial charge in [-0.1, -0.05) is 18.2 Å². The Bertz CT molecular complexity index is 559. The van der Waals surface area contributed by atoms with Crippen molar-refractivity contribution in [3.05, 3.63) is 29.8 Å². The number of nitrogens with zero attached hydrogens (tertiary/aromatic N) is 1. The highest BCUT2D eigenvalue weighted by atomic mass is 16.5. The van der Waals surface area contributed by atoms with Crippen LogP contribution in [0.2, 0.25) is 0 Å². The predicted molar refractivity (Wildman–Crippen MR) is 82.6 cm³/mol. The molecule has 22 heavy (non-hydrogen) atoms. The molecule has 0 spiro atoms. The SMILES string of the molecule is O=C(CN1CCCC1=O)NC[C@H]1CCOc2ccccc2C1. The summed E-state index contributed by atoms with van der Waals surface area (Å²) in [6.45, 7) is 2.22. The Labute approximate surface area is 130 Å². The molecule has 0 saturated carbocycles. The molecule has 118 valence electrons. The van der Waals surface area contributed by atoms with E-state index in [0.29, 0.717) is 32.0 Å². The Morgan fingerprint density at radius 2 is 2.23 bits per heavy atom. The number of ether oxygens (including phenoxy) is 1. The molecule has 5 nitrogen and oxygen atoms in total. The number of amides is 2. The molecule has 0 aliphatic carbocycles. The maximum atomic E-state index is 12.0. The van der Waals surface area contributed by atoms with Crippen molar-refractivity contribution in [1.29, 1.82) is 0 Å². The molecule has 1 aromatic rings. The summed E-state index contributed by atoms with van der Waals surface area (Å²) in [5.74, 6) is 1.36. The van der Waals surface area contributed by atoms with Gasteiger partial charge in [-0.3, -0.25) is 9.59 Å². The monoisotopic (exact) mass is 302 g/mol. The topological polar surface area (TPSA) is 58.6 Å². The summed E-state index contributed by atoms with van der Waals surface area (Å²) in [5, 5.41) is 2.97. The number of hydrogen-bond acceptors (Lipinski definition) is 3. The van der Waals surface area contributed by atoms with Crippen molar-refractivity contribution >= 4 is 11.8 Å². The Balaban J connectivity index is 1.49. The smallest absolute Gasteiger partial charge is 0.239 e. The summed E-state index contributed by atoms with van der Waals surface area (Å²) in [4.78, 5) is 25.2. The zero-order valence-corrected chi connectivity index (χ0v) is 12.7. The van der Waals surface area contributed by atoms with Gasteiger partial charge in [0.1, 0.15) is 5.75 Å². The van der Waals surface area contributed by atoms with E-state index in [1.54, 1.807) is 4.90 Å². The van der Waals surface area contributed by atoms with Gasteiger partial charge >= 0.3 is 0 Å². The van der Waals surface area contributed by atoms with Crippen LogP contribution >= 0.6 is 0 Å². The van der Waals surface area contributed by atoms with Crippen LogP contribution in [0.5, 0.6) is 5.75 Å². The lowest BCUT2D eigenvalue weighted by Gasteiger charge is -2.18. The van der Waals surface area contributed by atoms with Crippen molar-refractivity contribution in [2.75, 3.05) is 26.2 Å². The minimum atomic E-state index is -0.0614. The molecule has 2 aliphatic rings. The number of nitrogens with one attached hydrogen (secondary N) is 1. The van der Waals surface area contributed by atoms with Gasteiger partial charge in [-0.15, -0.1) is 0 Å². The number of hydrogen-bond donors (Lipinski definition) is 1. The molecule has 2 heterocycles. The lowest BCUT2D eigenvalue weighted by molar-refractivity contribution is -0.133. The van der Waals surface area contributed by atoms with Crippen LogP contribution in [0.3, 0.4) is 0 Å². The van der Waals surface area contributed by atoms with E-state index in [-0.39, 0.29) is 18.4 Å². The van der Waals surface area contributed by atoms with E-state index < -0.39 is 0 Å². The summed E-state index contributed by atoms with van der Waals surface area (Å²) < 4.78 is 5.74. The van der Waals surface area contributed by atoms with Crippen molar-refractivity contribution in [1.82, 2.24) is 10.2 Å². The van der Waals surface area contributed by atoms with Gasteiger partial charge in [-0.05, 0) is 36.8 Å². The van der Waals surface area contributed by atoms with Crippen LogP contribution in [0.15, 0.2) is 24.3 Å². The van der Waals surface area contributed by atoms with E-state index in [4.69, 9.17) is 4.74 Å². The van der Waals surface area contributed by atoms with E-state index >= 15 is 0 Å². The molecule has 0 aromatic heterocycles. The third-order valence-electron chi connectivity index (χ3n) is 4.36. The number of carbonyl (C=O) groups is 2. The van der Waals surface area contributed by atoms with Gasteiger partial charge in [0.15, 0.2) is 0 Å². The fourth-order valence-electron chi connectivity index (χ4n) is 3.09. The highest BCUT2D eigenvalue weighted by Crippen LogP contribution is 2.26. The molecule has 2 aliphatic heterocycles. The summed E-state index contributed by atoms with van der Waals surface area (Å²) in [6.07, 6.45) is 3.28. The number of carbonyl (C=O) groups excluding carboxylic acids is 2. The van der Waals surface area contributed by atoms with Gasteiger partial charge in [0.25, 0.3) is 0 Å². The first kappa shape index (κ1) is 14.9. The van der Waals surface area contributed by atoms with Crippen molar-refractivity contribution in [3.63, 3.8) is 0 Å². The molecule has 1 fully saturated rings. The van der Waals surface area contributed by atoms with Gasteiger partial charge in [-0.25, -0.2) is 0 Å². The zero-order valence-electron chi connectivity index (χ0n) is 12.7. The van der Waals surface area contributed by atoms with E-state index in [2.05, 4.69) is 11.4 Å². The summed E-state index contributed by atoms with van der Waals surface area (Å²) in [5.41, 5.74) is 1.20. The minimum absolute atomic E-state index is 0.0614. The first-order valence-electron chi connectivity index (χ1n) is 7.97. The first-order chi connectivity index (χ1) is 10.7. The Kier molecular flexibility index (Phi) is 4.61. The van der Waals surface area contributed by atoms with Crippen molar-refractivity contribution in [2.45, 2.75) is 25.7 Å². The Hall–Kier alpha value is -2.04. The largest absolute Gasteiger partial charge is 0.493 e. The Morgan fingerprint density at radius 1 is 1.36 bits per heavy atom. The summed E-state index contributed by atoms with van der Waals surface area (Å²) in [7, 11) is 0. The van der Waals surface area contributed by atoms with Crippen LogP contribution < -0.4 is 10.1 Å². The zero-order chi connectivity index (χ0) is 15.4. The molecule has 0 radical (unpaired) electrons. The standard InChI is InChI=1S/C17H22N2O3/c20-16(12-19-8-3-6-17(19)21)18-11-13-7-9-22-15-5-2-1-4-14(15)10-13/h1-2,4-5,13H,3,6-12H2,(H,18,20)/t13-/m0/s1. The maximum Gasteiger partial charge on any atom is 0.239 e. The van der Waals surface area contributed by atoms with Crippen molar-refractivity contribution in [3.8, 4) is 5.75 Å². The number of benzene rings is 1. The molecular weight excluding hydrogens is 280 g/mol. The Morgan fingerprint density at radius 3 is 3.05 bits per heavy atom. The maximum absolute atomic E-state index is 12.0.